The lowest BCUT2D eigenvalue weighted by Crippen LogP contribution is -2.05. The molecule has 10 heteroatoms. The van der Waals surface area contributed by atoms with Crippen LogP contribution < -0.4 is 4.74 Å². The van der Waals surface area contributed by atoms with Gasteiger partial charge in [-0.05, 0) is 59.0 Å². The number of alkyl halides is 3. The van der Waals surface area contributed by atoms with Gasteiger partial charge >= 0.3 is 6.18 Å². The summed E-state index contributed by atoms with van der Waals surface area (Å²) in [6.45, 7) is 2.00. The summed E-state index contributed by atoms with van der Waals surface area (Å²) in [6, 6.07) is 11.1. The number of ether oxygens (including phenoxy) is 1. The minimum atomic E-state index is -4.40. The molecule has 29 heavy (non-hydrogen) atoms. The van der Waals surface area contributed by atoms with Gasteiger partial charge in [0, 0.05) is 32.8 Å². The quantitative estimate of drug-likeness (QED) is 0.329. The van der Waals surface area contributed by atoms with Gasteiger partial charge in [0.15, 0.2) is 5.65 Å². The summed E-state index contributed by atoms with van der Waals surface area (Å²) in [6.07, 6.45) is -1.92. The minimum absolute atomic E-state index is 0.427. The summed E-state index contributed by atoms with van der Waals surface area (Å²) < 4.78 is 46.5. The van der Waals surface area contributed by atoms with E-state index in [-0.39, 0.29) is 0 Å². The molecule has 5 nitrogen and oxygen atoms in total. The van der Waals surface area contributed by atoms with Crippen LogP contribution in [0.3, 0.4) is 0 Å². The molecular formula is C19H13BrF3N4OP. The second-order valence-corrected chi connectivity index (χ2v) is 7.61. The lowest BCUT2D eigenvalue weighted by atomic mass is 10.1. The van der Waals surface area contributed by atoms with Gasteiger partial charge in [-0.2, -0.15) is 18.3 Å². The molecule has 0 radical (unpaired) electrons. The largest absolute Gasteiger partial charge is 0.456 e. The number of rotatable bonds is 4. The third-order valence-electron chi connectivity index (χ3n) is 4.17. The van der Waals surface area contributed by atoms with Gasteiger partial charge in [0.1, 0.15) is 16.1 Å². The Morgan fingerprint density at radius 2 is 1.79 bits per heavy atom. The van der Waals surface area contributed by atoms with E-state index in [1.807, 2.05) is 6.66 Å². The second-order valence-electron chi connectivity index (χ2n) is 5.99. The molecular weight excluding hydrogens is 468 g/mol. The first-order valence-electron chi connectivity index (χ1n) is 8.39. The monoisotopic (exact) mass is 480 g/mol. The maximum atomic E-state index is 12.7. The van der Waals surface area contributed by atoms with E-state index in [2.05, 4.69) is 31.0 Å². The number of halogens is 4. The molecule has 0 amide bonds. The molecule has 0 saturated heterocycles. The SMILES string of the molecule is CPn1nc(Br)c2c(Oc3ccc(-c4ccc(C(F)(F)F)cn4)cc3)ccnc21. The van der Waals surface area contributed by atoms with Crippen LogP contribution in [0.15, 0.2) is 59.5 Å². The van der Waals surface area contributed by atoms with Gasteiger partial charge < -0.3 is 4.74 Å². The van der Waals surface area contributed by atoms with Crippen LogP contribution in [0.25, 0.3) is 22.3 Å². The van der Waals surface area contributed by atoms with E-state index in [0.717, 1.165) is 23.3 Å². The molecule has 0 aliphatic heterocycles. The van der Waals surface area contributed by atoms with Crippen molar-refractivity contribution in [2.24, 2.45) is 0 Å². The lowest BCUT2D eigenvalue weighted by Gasteiger charge is -2.09. The van der Waals surface area contributed by atoms with Crippen LogP contribution in [0.4, 0.5) is 13.2 Å². The van der Waals surface area contributed by atoms with Gasteiger partial charge in [-0.3, -0.25) is 4.98 Å². The van der Waals surface area contributed by atoms with Gasteiger partial charge in [-0.1, -0.05) is 0 Å². The first kappa shape index (κ1) is 19.8. The molecule has 0 aliphatic carbocycles. The lowest BCUT2D eigenvalue weighted by molar-refractivity contribution is -0.137. The average Bonchev–Trinajstić information content (AvgIpc) is 3.05. The Morgan fingerprint density at radius 1 is 1.03 bits per heavy atom. The zero-order valence-electron chi connectivity index (χ0n) is 14.9. The molecule has 0 bridgehead atoms. The fraction of sp³-hybridized carbons (Fsp3) is 0.105. The molecule has 1 unspecified atom stereocenters. The van der Waals surface area contributed by atoms with Crippen LogP contribution in [0.2, 0.25) is 0 Å². The Bertz CT molecular complexity index is 1160. The third-order valence-corrected chi connectivity index (χ3v) is 5.46. The number of fused-ring (bicyclic) bond motifs is 1. The van der Waals surface area contributed by atoms with E-state index in [0.29, 0.717) is 36.1 Å². The van der Waals surface area contributed by atoms with Crippen molar-refractivity contribution in [2.75, 3.05) is 6.66 Å². The minimum Gasteiger partial charge on any atom is -0.456 e. The van der Waals surface area contributed by atoms with Gasteiger partial charge in [-0.15, -0.1) is 0 Å². The molecule has 0 fully saturated rings. The molecule has 1 atom stereocenters. The van der Waals surface area contributed by atoms with E-state index in [1.165, 1.54) is 6.07 Å². The molecule has 0 saturated carbocycles. The molecule has 4 aromatic rings. The number of nitrogens with zero attached hydrogens (tertiary/aromatic N) is 4. The molecule has 0 spiro atoms. The van der Waals surface area contributed by atoms with E-state index in [1.54, 1.807) is 41.0 Å². The van der Waals surface area contributed by atoms with E-state index < -0.39 is 11.7 Å². The van der Waals surface area contributed by atoms with Crippen molar-refractivity contribution < 1.29 is 17.9 Å². The molecule has 1 aromatic carbocycles. The van der Waals surface area contributed by atoms with Gasteiger partial charge in [0.25, 0.3) is 0 Å². The maximum Gasteiger partial charge on any atom is 0.417 e. The highest BCUT2D eigenvalue weighted by Crippen LogP contribution is 2.36. The van der Waals surface area contributed by atoms with E-state index in [9.17, 15) is 13.2 Å². The Hall–Kier alpha value is -2.51. The highest BCUT2D eigenvalue weighted by atomic mass is 79.9. The standard InChI is InChI=1S/C19H13BrF3N4OP/c1-29-27-18-16(17(20)26-27)15(8-9-24-18)28-13-5-2-11(3-6-13)14-7-4-12(10-25-14)19(21,22)23/h2-10,29H,1H3. The van der Waals surface area contributed by atoms with Crippen molar-refractivity contribution in [2.45, 2.75) is 6.18 Å². The first-order valence-corrected chi connectivity index (χ1v) is 10.6. The number of hydrogen-bond acceptors (Lipinski definition) is 4. The second kappa shape index (κ2) is 7.72. The van der Waals surface area contributed by atoms with Gasteiger partial charge in [0.05, 0.1) is 16.6 Å². The van der Waals surface area contributed by atoms with Crippen LogP contribution in [0.5, 0.6) is 11.5 Å². The molecule has 4 rings (SSSR count). The van der Waals surface area contributed by atoms with Gasteiger partial charge in [-0.25, -0.2) is 9.44 Å². The van der Waals surface area contributed by atoms with Gasteiger partial charge in [0.2, 0.25) is 0 Å². The summed E-state index contributed by atoms with van der Waals surface area (Å²) >= 11 is 3.45. The van der Waals surface area contributed by atoms with Crippen molar-refractivity contribution in [3.05, 3.63) is 65.0 Å². The average molecular weight is 481 g/mol. The number of aromatic nitrogens is 4. The molecule has 0 aliphatic rings. The third kappa shape index (κ3) is 3.97. The Balaban J connectivity index is 1.59. The van der Waals surface area contributed by atoms with Crippen LogP contribution in [-0.2, 0) is 6.18 Å². The number of hydrogen-bond donors (Lipinski definition) is 0. The van der Waals surface area contributed by atoms with Crippen LogP contribution in [0.1, 0.15) is 5.56 Å². The zero-order valence-corrected chi connectivity index (χ0v) is 17.5. The summed E-state index contributed by atoms with van der Waals surface area (Å²) in [4.78, 5) is 8.27. The smallest absolute Gasteiger partial charge is 0.417 e. The maximum absolute atomic E-state index is 12.7. The predicted octanol–water partition coefficient (Wildman–Crippen LogP) is 6.14. The van der Waals surface area contributed by atoms with Crippen molar-refractivity contribution >= 4 is 35.7 Å². The van der Waals surface area contributed by atoms with Crippen LogP contribution in [0, 0.1) is 0 Å². The van der Waals surface area contributed by atoms with Crippen molar-refractivity contribution in [3.63, 3.8) is 0 Å². The fourth-order valence-corrected chi connectivity index (χ4v) is 4.03. The Morgan fingerprint density at radius 3 is 2.41 bits per heavy atom. The molecule has 148 valence electrons. The topological polar surface area (TPSA) is 52.8 Å². The summed E-state index contributed by atoms with van der Waals surface area (Å²) in [7, 11) is 0.427. The predicted molar refractivity (Wildman–Crippen MR) is 110 cm³/mol. The summed E-state index contributed by atoms with van der Waals surface area (Å²) in [5, 5.41) is 5.18. The summed E-state index contributed by atoms with van der Waals surface area (Å²) in [5.74, 6) is 1.18. The van der Waals surface area contributed by atoms with Crippen LogP contribution >= 0.6 is 24.7 Å². The molecule has 3 heterocycles. The zero-order chi connectivity index (χ0) is 20.6. The van der Waals surface area contributed by atoms with Crippen molar-refractivity contribution in [1.82, 2.24) is 19.5 Å². The van der Waals surface area contributed by atoms with E-state index in [4.69, 9.17) is 4.74 Å². The van der Waals surface area contributed by atoms with E-state index >= 15 is 0 Å². The van der Waals surface area contributed by atoms with Crippen LogP contribution in [-0.4, -0.2) is 26.2 Å². The Kier molecular flexibility index (Phi) is 5.27. The Labute approximate surface area is 173 Å². The molecule has 3 aromatic heterocycles. The van der Waals surface area contributed by atoms with Crippen molar-refractivity contribution in [3.8, 4) is 22.8 Å². The fourth-order valence-electron chi connectivity index (χ4n) is 2.77. The van der Waals surface area contributed by atoms with Crippen molar-refractivity contribution in [1.29, 1.82) is 0 Å². The highest BCUT2D eigenvalue weighted by Gasteiger charge is 2.30. The highest BCUT2D eigenvalue weighted by molar-refractivity contribution is 9.10. The first-order chi connectivity index (χ1) is 13.9. The normalized spacial score (nSPS) is 12.2. The number of pyridine rings is 2. The number of benzene rings is 1. The molecule has 0 N–H and O–H groups in total. The summed E-state index contributed by atoms with van der Waals surface area (Å²) in [5.41, 5.74) is 1.08.